The standard InChI is InChI=1S/C14H14ClFO2/c1-2-10-4-6-14(18-10)13(17)8-9-3-5-11(15)12(16)7-9/h3-7,13,17H,2,8H2,1H3. The molecule has 0 aliphatic heterocycles. The molecule has 1 N–H and O–H groups in total. The van der Waals surface area contributed by atoms with Crippen molar-refractivity contribution < 1.29 is 13.9 Å². The van der Waals surface area contributed by atoms with E-state index in [2.05, 4.69) is 0 Å². The second kappa shape index (κ2) is 5.55. The first kappa shape index (κ1) is 13.1. The summed E-state index contributed by atoms with van der Waals surface area (Å²) < 4.78 is 18.7. The quantitative estimate of drug-likeness (QED) is 0.912. The molecule has 1 aromatic heterocycles. The van der Waals surface area contributed by atoms with Gasteiger partial charge in [0.2, 0.25) is 0 Å². The number of rotatable bonds is 4. The number of hydrogen-bond acceptors (Lipinski definition) is 2. The number of aliphatic hydroxyl groups excluding tert-OH is 1. The number of halogens is 2. The molecular formula is C14H14ClFO2. The normalized spacial score (nSPS) is 12.7. The first-order valence-electron chi connectivity index (χ1n) is 5.80. The third-order valence-electron chi connectivity index (χ3n) is 2.77. The Hall–Kier alpha value is -1.32. The van der Waals surface area contributed by atoms with Crippen molar-refractivity contribution in [2.45, 2.75) is 25.9 Å². The summed E-state index contributed by atoms with van der Waals surface area (Å²) in [5.74, 6) is 0.851. The lowest BCUT2D eigenvalue weighted by Crippen LogP contribution is -2.00. The van der Waals surface area contributed by atoms with Gasteiger partial charge in [-0.25, -0.2) is 4.39 Å². The van der Waals surface area contributed by atoms with Crippen LogP contribution in [0.5, 0.6) is 0 Å². The van der Waals surface area contributed by atoms with Crippen LogP contribution in [0.15, 0.2) is 34.7 Å². The molecule has 1 unspecified atom stereocenters. The van der Waals surface area contributed by atoms with E-state index >= 15 is 0 Å². The predicted octanol–water partition coefficient (Wildman–Crippen LogP) is 3.91. The summed E-state index contributed by atoms with van der Waals surface area (Å²) >= 11 is 5.60. The predicted molar refractivity (Wildman–Crippen MR) is 68.2 cm³/mol. The second-order valence-electron chi connectivity index (χ2n) is 4.13. The van der Waals surface area contributed by atoms with E-state index in [0.717, 1.165) is 12.2 Å². The Labute approximate surface area is 110 Å². The third-order valence-corrected chi connectivity index (χ3v) is 3.08. The van der Waals surface area contributed by atoms with Crippen LogP contribution in [0.3, 0.4) is 0 Å². The lowest BCUT2D eigenvalue weighted by molar-refractivity contribution is 0.148. The molecule has 2 rings (SSSR count). The van der Waals surface area contributed by atoms with Gasteiger partial charge in [0.1, 0.15) is 23.4 Å². The topological polar surface area (TPSA) is 33.4 Å². The molecule has 0 spiro atoms. The first-order chi connectivity index (χ1) is 8.60. The van der Waals surface area contributed by atoms with Crippen LogP contribution in [0.2, 0.25) is 5.02 Å². The molecule has 4 heteroatoms. The minimum Gasteiger partial charge on any atom is -0.463 e. The number of aryl methyl sites for hydroxylation is 1. The van der Waals surface area contributed by atoms with Crippen LogP contribution in [0.25, 0.3) is 0 Å². The molecule has 18 heavy (non-hydrogen) atoms. The van der Waals surface area contributed by atoms with Gasteiger partial charge < -0.3 is 9.52 Å². The van der Waals surface area contributed by atoms with E-state index in [-0.39, 0.29) is 5.02 Å². The molecular weight excluding hydrogens is 255 g/mol. The molecule has 0 amide bonds. The maximum absolute atomic E-state index is 13.3. The van der Waals surface area contributed by atoms with E-state index in [9.17, 15) is 9.50 Å². The van der Waals surface area contributed by atoms with Gasteiger partial charge in [-0.3, -0.25) is 0 Å². The zero-order valence-electron chi connectivity index (χ0n) is 9.99. The van der Waals surface area contributed by atoms with Crippen LogP contribution >= 0.6 is 11.6 Å². The average molecular weight is 269 g/mol. The van der Waals surface area contributed by atoms with E-state index in [0.29, 0.717) is 17.7 Å². The molecule has 1 atom stereocenters. The van der Waals surface area contributed by atoms with Crippen LogP contribution in [0, 0.1) is 5.82 Å². The summed E-state index contributed by atoms with van der Waals surface area (Å²) in [6.45, 7) is 1.98. The zero-order chi connectivity index (χ0) is 13.1. The van der Waals surface area contributed by atoms with Crippen LogP contribution < -0.4 is 0 Å². The maximum atomic E-state index is 13.3. The van der Waals surface area contributed by atoms with Crippen molar-refractivity contribution in [1.29, 1.82) is 0 Å². The van der Waals surface area contributed by atoms with Crippen molar-refractivity contribution in [2.75, 3.05) is 0 Å². The number of hydrogen-bond donors (Lipinski definition) is 1. The summed E-state index contributed by atoms with van der Waals surface area (Å²) in [7, 11) is 0. The molecule has 1 aromatic carbocycles. The Balaban J connectivity index is 2.10. The molecule has 0 saturated carbocycles. The van der Waals surface area contributed by atoms with Gasteiger partial charge in [0.05, 0.1) is 5.02 Å². The highest BCUT2D eigenvalue weighted by Gasteiger charge is 2.13. The van der Waals surface area contributed by atoms with Crippen molar-refractivity contribution in [2.24, 2.45) is 0 Å². The Bertz CT molecular complexity index is 536. The van der Waals surface area contributed by atoms with Crippen molar-refractivity contribution in [3.63, 3.8) is 0 Å². The van der Waals surface area contributed by atoms with Gasteiger partial charge in [0, 0.05) is 12.8 Å². The lowest BCUT2D eigenvalue weighted by atomic mass is 10.1. The fourth-order valence-electron chi connectivity index (χ4n) is 1.75. The minimum absolute atomic E-state index is 0.0829. The average Bonchev–Trinajstić information content (AvgIpc) is 2.82. The van der Waals surface area contributed by atoms with Crippen LogP contribution in [-0.4, -0.2) is 5.11 Å². The zero-order valence-corrected chi connectivity index (χ0v) is 10.7. The Morgan fingerprint density at radius 1 is 1.33 bits per heavy atom. The van der Waals surface area contributed by atoms with Crippen molar-refractivity contribution >= 4 is 11.6 Å². The Morgan fingerprint density at radius 2 is 2.11 bits per heavy atom. The van der Waals surface area contributed by atoms with Crippen molar-refractivity contribution in [3.8, 4) is 0 Å². The minimum atomic E-state index is -0.772. The van der Waals surface area contributed by atoms with Gasteiger partial charge in [-0.1, -0.05) is 24.6 Å². The van der Waals surface area contributed by atoms with Crippen molar-refractivity contribution in [3.05, 3.63) is 58.3 Å². The summed E-state index contributed by atoms with van der Waals surface area (Å²) in [5, 5.41) is 10.1. The van der Waals surface area contributed by atoms with Crippen LogP contribution in [0.4, 0.5) is 4.39 Å². The van der Waals surface area contributed by atoms with Crippen LogP contribution in [0.1, 0.15) is 30.1 Å². The number of aliphatic hydroxyl groups is 1. The molecule has 2 aromatic rings. The maximum Gasteiger partial charge on any atom is 0.142 e. The smallest absolute Gasteiger partial charge is 0.142 e. The third kappa shape index (κ3) is 2.92. The summed E-state index contributed by atoms with van der Waals surface area (Å²) in [6.07, 6.45) is 0.304. The summed E-state index contributed by atoms with van der Waals surface area (Å²) in [5.41, 5.74) is 0.679. The van der Waals surface area contributed by atoms with Gasteiger partial charge in [-0.15, -0.1) is 0 Å². The molecule has 1 heterocycles. The number of benzene rings is 1. The fraction of sp³-hybridized carbons (Fsp3) is 0.286. The first-order valence-corrected chi connectivity index (χ1v) is 6.18. The highest BCUT2D eigenvalue weighted by molar-refractivity contribution is 6.30. The molecule has 96 valence electrons. The summed E-state index contributed by atoms with van der Waals surface area (Å²) in [6, 6.07) is 8.09. The van der Waals surface area contributed by atoms with E-state index in [1.165, 1.54) is 12.1 Å². The largest absolute Gasteiger partial charge is 0.463 e. The molecule has 0 aliphatic rings. The molecule has 0 fully saturated rings. The molecule has 2 nitrogen and oxygen atoms in total. The highest BCUT2D eigenvalue weighted by Crippen LogP contribution is 2.23. The van der Waals surface area contributed by atoms with Crippen LogP contribution in [-0.2, 0) is 12.8 Å². The van der Waals surface area contributed by atoms with Gasteiger partial charge in [-0.2, -0.15) is 0 Å². The van der Waals surface area contributed by atoms with Crippen molar-refractivity contribution in [1.82, 2.24) is 0 Å². The van der Waals surface area contributed by atoms with Gasteiger partial charge in [0.15, 0.2) is 0 Å². The molecule has 0 aliphatic carbocycles. The van der Waals surface area contributed by atoms with Gasteiger partial charge >= 0.3 is 0 Å². The molecule has 0 bridgehead atoms. The van der Waals surface area contributed by atoms with E-state index < -0.39 is 11.9 Å². The van der Waals surface area contributed by atoms with E-state index in [4.69, 9.17) is 16.0 Å². The Morgan fingerprint density at radius 3 is 2.72 bits per heavy atom. The lowest BCUT2D eigenvalue weighted by Gasteiger charge is -2.08. The van der Waals surface area contributed by atoms with E-state index in [1.807, 2.05) is 13.0 Å². The highest BCUT2D eigenvalue weighted by atomic mass is 35.5. The summed E-state index contributed by atoms with van der Waals surface area (Å²) in [4.78, 5) is 0. The Kier molecular flexibility index (Phi) is 4.04. The van der Waals surface area contributed by atoms with Gasteiger partial charge in [0.25, 0.3) is 0 Å². The van der Waals surface area contributed by atoms with Gasteiger partial charge in [-0.05, 0) is 29.8 Å². The molecule has 0 saturated heterocycles. The second-order valence-corrected chi connectivity index (χ2v) is 4.53. The number of furan rings is 1. The SMILES string of the molecule is CCc1ccc(C(O)Cc2ccc(Cl)c(F)c2)o1. The monoisotopic (exact) mass is 268 g/mol. The molecule has 0 radical (unpaired) electrons. The van der Waals surface area contributed by atoms with E-state index in [1.54, 1.807) is 12.1 Å². The fourth-order valence-corrected chi connectivity index (χ4v) is 1.87.